The van der Waals surface area contributed by atoms with E-state index in [0.717, 1.165) is 19.1 Å². The molecule has 0 saturated carbocycles. The van der Waals surface area contributed by atoms with Gasteiger partial charge in [0.1, 0.15) is 6.29 Å². The summed E-state index contributed by atoms with van der Waals surface area (Å²) in [6.07, 6.45) is 5.42. The molecular weight excluding hydrogens is 148 g/mol. The summed E-state index contributed by atoms with van der Waals surface area (Å²) < 4.78 is 0. The van der Waals surface area contributed by atoms with Crippen molar-refractivity contribution in [2.24, 2.45) is 10.8 Å². The number of aldehydes is 1. The fourth-order valence-electron chi connectivity index (χ4n) is 1.84. The molecule has 0 aliphatic heterocycles. The van der Waals surface area contributed by atoms with Crippen molar-refractivity contribution in [3.8, 4) is 0 Å². The molecule has 1 aliphatic rings. The molecule has 0 aromatic carbocycles. The summed E-state index contributed by atoms with van der Waals surface area (Å²) >= 11 is 0. The molecule has 0 spiro atoms. The molecule has 0 aromatic rings. The van der Waals surface area contributed by atoms with Gasteiger partial charge in [-0.3, -0.25) is 0 Å². The van der Waals surface area contributed by atoms with Crippen LogP contribution in [0.3, 0.4) is 0 Å². The highest BCUT2D eigenvalue weighted by Crippen LogP contribution is 2.46. The van der Waals surface area contributed by atoms with E-state index in [-0.39, 0.29) is 10.8 Å². The van der Waals surface area contributed by atoms with Gasteiger partial charge < -0.3 is 4.79 Å². The monoisotopic (exact) mass is 166 g/mol. The van der Waals surface area contributed by atoms with Crippen LogP contribution in [-0.2, 0) is 4.79 Å². The summed E-state index contributed by atoms with van der Waals surface area (Å²) in [6, 6.07) is 0. The number of carbonyl (C=O) groups excluding carboxylic acids is 1. The van der Waals surface area contributed by atoms with Crippen LogP contribution in [0.15, 0.2) is 11.6 Å². The van der Waals surface area contributed by atoms with Crippen LogP contribution in [0.25, 0.3) is 0 Å². The molecule has 0 unspecified atom stereocenters. The SMILES string of the molecule is CC1=CC(C)(C)[C@](C)(C=O)CC1. The second kappa shape index (κ2) is 2.72. The lowest BCUT2D eigenvalue weighted by atomic mass is 9.61. The maximum absolute atomic E-state index is 11.0. The molecule has 1 heteroatoms. The highest BCUT2D eigenvalue weighted by molar-refractivity contribution is 5.61. The maximum Gasteiger partial charge on any atom is 0.126 e. The molecule has 0 heterocycles. The topological polar surface area (TPSA) is 17.1 Å². The van der Waals surface area contributed by atoms with E-state index >= 15 is 0 Å². The lowest BCUT2D eigenvalue weighted by Crippen LogP contribution is -2.37. The highest BCUT2D eigenvalue weighted by Gasteiger charge is 2.41. The molecule has 12 heavy (non-hydrogen) atoms. The third-order valence-corrected chi connectivity index (χ3v) is 3.38. The molecular formula is C11H18O. The summed E-state index contributed by atoms with van der Waals surface area (Å²) in [6.45, 7) is 8.49. The Hall–Kier alpha value is -0.590. The van der Waals surface area contributed by atoms with Crippen molar-refractivity contribution < 1.29 is 4.79 Å². The van der Waals surface area contributed by atoms with Gasteiger partial charge in [0.25, 0.3) is 0 Å². The number of hydrogen-bond donors (Lipinski definition) is 0. The maximum atomic E-state index is 11.0. The lowest BCUT2D eigenvalue weighted by Gasteiger charge is -2.42. The zero-order valence-corrected chi connectivity index (χ0v) is 8.48. The van der Waals surface area contributed by atoms with Gasteiger partial charge in [0.05, 0.1) is 0 Å². The molecule has 1 atom stereocenters. The van der Waals surface area contributed by atoms with Crippen LogP contribution in [-0.4, -0.2) is 6.29 Å². The first kappa shape index (κ1) is 9.50. The van der Waals surface area contributed by atoms with Crippen LogP contribution in [0.2, 0.25) is 0 Å². The molecule has 68 valence electrons. The Kier molecular flexibility index (Phi) is 2.15. The van der Waals surface area contributed by atoms with Gasteiger partial charge in [-0.15, -0.1) is 0 Å². The van der Waals surface area contributed by atoms with Crippen LogP contribution in [0.4, 0.5) is 0 Å². The van der Waals surface area contributed by atoms with Gasteiger partial charge in [0.15, 0.2) is 0 Å². The quantitative estimate of drug-likeness (QED) is 0.432. The smallest absolute Gasteiger partial charge is 0.126 e. The molecule has 0 N–H and O–H groups in total. The second-order valence-corrected chi connectivity index (χ2v) is 4.75. The Labute approximate surface area is 74.9 Å². The van der Waals surface area contributed by atoms with Crippen molar-refractivity contribution in [2.45, 2.75) is 40.5 Å². The Morgan fingerprint density at radius 3 is 2.42 bits per heavy atom. The van der Waals surface area contributed by atoms with Gasteiger partial charge >= 0.3 is 0 Å². The van der Waals surface area contributed by atoms with E-state index in [2.05, 4.69) is 33.8 Å². The predicted octanol–water partition coefficient (Wildman–Crippen LogP) is 2.96. The fourth-order valence-corrected chi connectivity index (χ4v) is 1.84. The molecule has 1 aliphatic carbocycles. The van der Waals surface area contributed by atoms with E-state index in [1.807, 2.05) is 0 Å². The molecule has 0 amide bonds. The average Bonchev–Trinajstić information content (AvgIpc) is 1.97. The minimum absolute atomic E-state index is 0.0249. The van der Waals surface area contributed by atoms with Crippen molar-refractivity contribution in [1.29, 1.82) is 0 Å². The van der Waals surface area contributed by atoms with Gasteiger partial charge in [0, 0.05) is 5.41 Å². The third kappa shape index (κ3) is 1.33. The van der Waals surface area contributed by atoms with Crippen LogP contribution in [0.1, 0.15) is 40.5 Å². The predicted molar refractivity (Wildman–Crippen MR) is 50.9 cm³/mol. The van der Waals surface area contributed by atoms with Crippen LogP contribution in [0.5, 0.6) is 0 Å². The summed E-state index contributed by atoms with van der Waals surface area (Å²) in [4.78, 5) is 11.0. The summed E-state index contributed by atoms with van der Waals surface area (Å²) in [5, 5.41) is 0. The van der Waals surface area contributed by atoms with Crippen LogP contribution < -0.4 is 0 Å². The fraction of sp³-hybridized carbons (Fsp3) is 0.727. The third-order valence-electron chi connectivity index (χ3n) is 3.38. The van der Waals surface area contributed by atoms with Crippen molar-refractivity contribution in [1.82, 2.24) is 0 Å². The largest absolute Gasteiger partial charge is 0.303 e. The van der Waals surface area contributed by atoms with Crippen molar-refractivity contribution in [3.63, 3.8) is 0 Å². The van der Waals surface area contributed by atoms with Crippen LogP contribution >= 0.6 is 0 Å². The average molecular weight is 166 g/mol. The number of hydrogen-bond acceptors (Lipinski definition) is 1. The van der Waals surface area contributed by atoms with Crippen molar-refractivity contribution in [3.05, 3.63) is 11.6 Å². The molecule has 0 fully saturated rings. The standard InChI is InChI=1S/C11H18O/c1-9-5-6-11(4,8-12)10(2,3)7-9/h7-8H,5-6H2,1-4H3/t11-/m0/s1. The Morgan fingerprint density at radius 1 is 1.42 bits per heavy atom. The van der Waals surface area contributed by atoms with E-state index in [1.54, 1.807) is 0 Å². The highest BCUT2D eigenvalue weighted by atomic mass is 16.1. The van der Waals surface area contributed by atoms with E-state index in [4.69, 9.17) is 0 Å². The molecule has 0 radical (unpaired) electrons. The van der Waals surface area contributed by atoms with Gasteiger partial charge in [-0.1, -0.05) is 32.4 Å². The van der Waals surface area contributed by atoms with Gasteiger partial charge in [0.2, 0.25) is 0 Å². The molecule has 1 nitrogen and oxygen atoms in total. The van der Waals surface area contributed by atoms with Gasteiger partial charge in [-0.2, -0.15) is 0 Å². The Bertz CT molecular complexity index is 225. The molecule has 0 aromatic heterocycles. The van der Waals surface area contributed by atoms with E-state index in [9.17, 15) is 4.79 Å². The number of rotatable bonds is 1. The molecule has 0 saturated heterocycles. The minimum Gasteiger partial charge on any atom is -0.303 e. The normalized spacial score (nSPS) is 34.2. The van der Waals surface area contributed by atoms with E-state index in [0.29, 0.717) is 0 Å². The molecule has 0 bridgehead atoms. The molecule has 1 rings (SSSR count). The van der Waals surface area contributed by atoms with Crippen molar-refractivity contribution >= 4 is 6.29 Å². The first-order valence-electron chi connectivity index (χ1n) is 4.56. The Balaban J connectivity index is 3.04. The zero-order valence-electron chi connectivity index (χ0n) is 8.48. The van der Waals surface area contributed by atoms with Gasteiger partial charge in [-0.05, 0) is 25.2 Å². The summed E-state index contributed by atoms with van der Waals surface area (Å²) in [5.41, 5.74) is 1.28. The first-order valence-corrected chi connectivity index (χ1v) is 4.56. The number of carbonyl (C=O) groups is 1. The zero-order chi connectivity index (χ0) is 9.41. The minimum atomic E-state index is -0.160. The summed E-state index contributed by atoms with van der Waals surface area (Å²) in [5.74, 6) is 0. The van der Waals surface area contributed by atoms with E-state index < -0.39 is 0 Å². The Morgan fingerprint density at radius 2 is 2.00 bits per heavy atom. The van der Waals surface area contributed by atoms with Crippen LogP contribution in [0, 0.1) is 10.8 Å². The van der Waals surface area contributed by atoms with Crippen molar-refractivity contribution in [2.75, 3.05) is 0 Å². The first-order chi connectivity index (χ1) is 5.41. The lowest BCUT2D eigenvalue weighted by molar-refractivity contribution is -0.120. The summed E-state index contributed by atoms with van der Waals surface area (Å²) in [7, 11) is 0. The van der Waals surface area contributed by atoms with Gasteiger partial charge in [-0.25, -0.2) is 0 Å². The number of allylic oxidation sites excluding steroid dienone is 2. The second-order valence-electron chi connectivity index (χ2n) is 4.75. The van der Waals surface area contributed by atoms with E-state index in [1.165, 1.54) is 5.57 Å².